The number of carbonyl (C=O) groups excluding carboxylic acids is 2. The standard InChI is InChI=1S/C24H32N2O3/c27-23-8-4-7-21-19-14-20(22(26(21)23)13-17-5-2-1-3-6-17)16-25(15-19)24(28)18-9-11-29-12-10-18/h1-3,5-6,18-22H,4,7-16H2/t19-,20+,21+,22+/m1/s1. The quantitative estimate of drug-likeness (QED) is 0.789. The molecule has 0 aliphatic carbocycles. The van der Waals surface area contributed by atoms with E-state index in [1.807, 2.05) is 6.07 Å². The minimum atomic E-state index is 0.124. The number of benzene rings is 1. The Balaban J connectivity index is 1.40. The molecule has 4 saturated heterocycles. The number of piperidine rings is 3. The average Bonchev–Trinajstić information content (AvgIpc) is 2.77. The summed E-state index contributed by atoms with van der Waals surface area (Å²) in [6.07, 6.45) is 6.54. The number of hydrogen-bond donors (Lipinski definition) is 0. The van der Waals surface area contributed by atoms with Gasteiger partial charge >= 0.3 is 0 Å². The lowest BCUT2D eigenvalue weighted by Crippen LogP contribution is -2.66. The molecule has 156 valence electrons. The molecule has 0 N–H and O–H groups in total. The first kappa shape index (κ1) is 19.1. The number of hydrogen-bond acceptors (Lipinski definition) is 3. The van der Waals surface area contributed by atoms with Crippen molar-refractivity contribution in [1.29, 1.82) is 0 Å². The predicted molar refractivity (Wildman–Crippen MR) is 110 cm³/mol. The van der Waals surface area contributed by atoms with E-state index in [1.54, 1.807) is 0 Å². The van der Waals surface area contributed by atoms with Gasteiger partial charge in [-0.05, 0) is 55.9 Å². The number of likely N-dealkylation sites (tertiary alicyclic amines) is 1. The molecule has 2 amide bonds. The topological polar surface area (TPSA) is 49.9 Å². The van der Waals surface area contributed by atoms with Crippen molar-refractivity contribution in [1.82, 2.24) is 9.80 Å². The van der Waals surface area contributed by atoms with Crippen LogP contribution in [0.2, 0.25) is 0 Å². The van der Waals surface area contributed by atoms with Crippen LogP contribution in [-0.2, 0) is 20.7 Å². The molecule has 4 aliphatic rings. The first-order valence-electron chi connectivity index (χ1n) is 11.4. The van der Waals surface area contributed by atoms with Gasteiger partial charge in [-0.15, -0.1) is 0 Å². The third kappa shape index (κ3) is 3.70. The van der Waals surface area contributed by atoms with Gasteiger partial charge in [-0.1, -0.05) is 30.3 Å². The van der Waals surface area contributed by atoms with Gasteiger partial charge in [-0.3, -0.25) is 9.59 Å². The number of amides is 2. The van der Waals surface area contributed by atoms with Gasteiger partial charge in [0.05, 0.1) is 0 Å². The molecule has 4 heterocycles. The van der Waals surface area contributed by atoms with Crippen LogP contribution in [0.3, 0.4) is 0 Å². The lowest BCUT2D eigenvalue weighted by Gasteiger charge is -2.57. The zero-order chi connectivity index (χ0) is 19.8. The van der Waals surface area contributed by atoms with Crippen molar-refractivity contribution in [3.63, 3.8) is 0 Å². The summed E-state index contributed by atoms with van der Waals surface area (Å²) in [4.78, 5) is 30.6. The molecule has 5 nitrogen and oxygen atoms in total. The van der Waals surface area contributed by atoms with Gasteiger partial charge < -0.3 is 14.5 Å². The minimum Gasteiger partial charge on any atom is -0.381 e. The fraction of sp³-hybridized carbons (Fsp3) is 0.667. The molecule has 0 saturated carbocycles. The summed E-state index contributed by atoms with van der Waals surface area (Å²) in [6.45, 7) is 3.05. The summed E-state index contributed by atoms with van der Waals surface area (Å²) in [6, 6.07) is 11.1. The summed E-state index contributed by atoms with van der Waals surface area (Å²) in [5.74, 6) is 1.61. The summed E-state index contributed by atoms with van der Waals surface area (Å²) in [7, 11) is 0. The fourth-order valence-electron chi connectivity index (χ4n) is 6.28. The van der Waals surface area contributed by atoms with E-state index in [4.69, 9.17) is 4.74 Å². The molecule has 5 heteroatoms. The smallest absolute Gasteiger partial charge is 0.225 e. The second-order valence-electron chi connectivity index (χ2n) is 9.40. The summed E-state index contributed by atoms with van der Waals surface area (Å²) < 4.78 is 5.46. The molecular weight excluding hydrogens is 364 g/mol. The Labute approximate surface area is 173 Å². The third-order valence-corrected chi connectivity index (χ3v) is 7.67. The van der Waals surface area contributed by atoms with Crippen LogP contribution in [0.25, 0.3) is 0 Å². The zero-order valence-corrected chi connectivity index (χ0v) is 17.2. The lowest BCUT2D eigenvalue weighted by molar-refractivity contribution is -0.158. The molecule has 1 aromatic rings. The molecule has 5 rings (SSSR count). The number of rotatable bonds is 3. The van der Waals surface area contributed by atoms with E-state index < -0.39 is 0 Å². The van der Waals surface area contributed by atoms with Gasteiger partial charge in [-0.2, -0.15) is 0 Å². The number of fused-ring (bicyclic) bond motifs is 4. The van der Waals surface area contributed by atoms with E-state index in [-0.39, 0.29) is 12.0 Å². The molecular formula is C24H32N2O3. The van der Waals surface area contributed by atoms with Crippen LogP contribution in [0, 0.1) is 17.8 Å². The van der Waals surface area contributed by atoms with Gasteiger partial charge in [-0.25, -0.2) is 0 Å². The zero-order valence-electron chi connectivity index (χ0n) is 17.2. The van der Waals surface area contributed by atoms with Crippen LogP contribution in [0.5, 0.6) is 0 Å². The third-order valence-electron chi connectivity index (χ3n) is 7.67. The highest BCUT2D eigenvalue weighted by atomic mass is 16.5. The Hall–Kier alpha value is -1.88. The van der Waals surface area contributed by atoms with Gasteiger partial charge in [0, 0.05) is 50.7 Å². The normalized spacial score (nSPS) is 32.8. The molecule has 4 fully saturated rings. The summed E-state index contributed by atoms with van der Waals surface area (Å²) in [5, 5.41) is 0. The van der Waals surface area contributed by atoms with Crippen molar-refractivity contribution in [2.75, 3.05) is 26.3 Å². The Morgan fingerprint density at radius 2 is 1.79 bits per heavy atom. The van der Waals surface area contributed by atoms with Crippen LogP contribution in [0.4, 0.5) is 0 Å². The first-order valence-corrected chi connectivity index (χ1v) is 11.4. The second kappa shape index (κ2) is 8.10. The molecule has 1 aromatic carbocycles. The molecule has 0 radical (unpaired) electrons. The van der Waals surface area contributed by atoms with E-state index in [9.17, 15) is 9.59 Å². The number of nitrogens with zero attached hydrogens (tertiary/aromatic N) is 2. The van der Waals surface area contributed by atoms with Crippen molar-refractivity contribution < 1.29 is 14.3 Å². The predicted octanol–water partition coefficient (Wildman–Crippen LogP) is 2.88. The van der Waals surface area contributed by atoms with Crippen LogP contribution in [0.15, 0.2) is 30.3 Å². The Morgan fingerprint density at radius 1 is 1.03 bits per heavy atom. The SMILES string of the molecule is O=C(C1CCOCC1)N1C[C@H]2C[C@@H](C1)[C@H](Cc1ccccc1)N1C(=O)CCC[C@@H]21. The van der Waals surface area contributed by atoms with Crippen LogP contribution < -0.4 is 0 Å². The van der Waals surface area contributed by atoms with E-state index in [0.29, 0.717) is 49.3 Å². The molecule has 0 aromatic heterocycles. The maximum atomic E-state index is 13.3. The van der Waals surface area contributed by atoms with E-state index in [0.717, 1.165) is 51.6 Å². The van der Waals surface area contributed by atoms with Gasteiger partial charge in [0.2, 0.25) is 11.8 Å². The maximum Gasteiger partial charge on any atom is 0.225 e. The van der Waals surface area contributed by atoms with Crippen molar-refractivity contribution in [2.24, 2.45) is 17.8 Å². The molecule has 2 bridgehead atoms. The summed E-state index contributed by atoms with van der Waals surface area (Å²) in [5.41, 5.74) is 1.29. The monoisotopic (exact) mass is 396 g/mol. The molecule has 4 aliphatic heterocycles. The van der Waals surface area contributed by atoms with Crippen molar-refractivity contribution >= 4 is 11.8 Å². The van der Waals surface area contributed by atoms with Crippen LogP contribution >= 0.6 is 0 Å². The highest BCUT2D eigenvalue weighted by Gasteiger charge is 2.50. The summed E-state index contributed by atoms with van der Waals surface area (Å²) >= 11 is 0. The Morgan fingerprint density at radius 3 is 2.59 bits per heavy atom. The lowest BCUT2D eigenvalue weighted by atomic mass is 9.70. The van der Waals surface area contributed by atoms with E-state index in [1.165, 1.54) is 5.56 Å². The second-order valence-corrected chi connectivity index (χ2v) is 9.40. The number of carbonyl (C=O) groups is 2. The molecule has 0 spiro atoms. The maximum absolute atomic E-state index is 13.3. The Bertz CT molecular complexity index is 746. The number of ether oxygens (including phenoxy) is 1. The van der Waals surface area contributed by atoms with Crippen molar-refractivity contribution in [3.05, 3.63) is 35.9 Å². The largest absolute Gasteiger partial charge is 0.381 e. The van der Waals surface area contributed by atoms with E-state index >= 15 is 0 Å². The van der Waals surface area contributed by atoms with E-state index in [2.05, 4.69) is 34.1 Å². The molecule has 4 atom stereocenters. The van der Waals surface area contributed by atoms with Gasteiger partial charge in [0.25, 0.3) is 0 Å². The van der Waals surface area contributed by atoms with Crippen LogP contribution in [0.1, 0.15) is 44.1 Å². The van der Waals surface area contributed by atoms with Gasteiger partial charge in [0.15, 0.2) is 0 Å². The first-order chi connectivity index (χ1) is 14.2. The molecule has 0 unspecified atom stereocenters. The van der Waals surface area contributed by atoms with Gasteiger partial charge in [0.1, 0.15) is 0 Å². The fourth-order valence-corrected chi connectivity index (χ4v) is 6.28. The Kier molecular flexibility index (Phi) is 5.33. The highest BCUT2D eigenvalue weighted by molar-refractivity contribution is 5.80. The highest BCUT2D eigenvalue weighted by Crippen LogP contribution is 2.43. The van der Waals surface area contributed by atoms with Crippen molar-refractivity contribution in [3.8, 4) is 0 Å². The average molecular weight is 397 g/mol. The molecule has 29 heavy (non-hydrogen) atoms. The van der Waals surface area contributed by atoms with Crippen LogP contribution in [-0.4, -0.2) is 60.0 Å². The van der Waals surface area contributed by atoms with Crippen molar-refractivity contribution in [2.45, 2.75) is 57.0 Å². The minimum absolute atomic E-state index is 0.124.